The number of aromatic hydroxyl groups is 1. The van der Waals surface area contributed by atoms with Crippen molar-refractivity contribution in [2.45, 2.75) is 27.2 Å². The molecule has 0 spiro atoms. The van der Waals surface area contributed by atoms with Crippen molar-refractivity contribution >= 4 is 5.84 Å². The first-order valence-electron chi connectivity index (χ1n) is 7.09. The van der Waals surface area contributed by atoms with Crippen molar-refractivity contribution in [1.82, 2.24) is 4.98 Å². The molecule has 0 radical (unpaired) electrons. The molecule has 0 atom stereocenters. The van der Waals surface area contributed by atoms with Gasteiger partial charge < -0.3 is 10.8 Å². The quantitative estimate of drug-likeness (QED) is 0.657. The number of nitrogens with zero attached hydrogens (tertiary/aromatic N) is 2. The predicted molar refractivity (Wildman–Crippen MR) is 89.7 cm³/mol. The lowest BCUT2D eigenvalue weighted by atomic mass is 10.1. The summed E-state index contributed by atoms with van der Waals surface area (Å²) in [5.41, 5.74) is 7.22. The van der Waals surface area contributed by atoms with Crippen LogP contribution in [0.25, 0.3) is 0 Å². The number of phenolic OH excluding ortho intramolecular Hbond substituents is 1. The Morgan fingerprint density at radius 2 is 1.76 bits per heavy atom. The molecular formula is C17H25N3O. The number of phenols is 1. The first-order valence-corrected chi connectivity index (χ1v) is 7.09. The number of pyridine rings is 1. The Hall–Kier alpha value is -2.36. The monoisotopic (exact) mass is 287 g/mol. The molecule has 2 rings (SSSR count). The van der Waals surface area contributed by atoms with Crippen molar-refractivity contribution in [2.24, 2.45) is 10.7 Å². The molecule has 2 aromatic rings. The zero-order chi connectivity index (χ0) is 16.1. The lowest BCUT2D eigenvalue weighted by molar-refractivity contribution is 0.469. The first kappa shape index (κ1) is 18.6. The van der Waals surface area contributed by atoms with Crippen LogP contribution in [0.15, 0.2) is 53.7 Å². The number of aryl methyl sites for hydroxylation is 1. The minimum Gasteiger partial charge on any atom is -0.508 e. The number of hydrogen-bond donors (Lipinski definition) is 2. The maximum absolute atomic E-state index is 9.11. The maximum atomic E-state index is 9.11. The van der Waals surface area contributed by atoms with E-state index in [-0.39, 0.29) is 0 Å². The molecule has 4 heteroatoms. The van der Waals surface area contributed by atoms with E-state index in [2.05, 4.69) is 9.98 Å². The van der Waals surface area contributed by atoms with Gasteiger partial charge in [0.1, 0.15) is 17.3 Å². The van der Waals surface area contributed by atoms with E-state index in [1.165, 1.54) is 0 Å². The Labute approximate surface area is 127 Å². The molecule has 114 valence electrons. The van der Waals surface area contributed by atoms with Gasteiger partial charge in [-0.1, -0.05) is 45.0 Å². The molecule has 0 unspecified atom stereocenters. The topological polar surface area (TPSA) is 71.5 Å². The van der Waals surface area contributed by atoms with E-state index in [1.54, 1.807) is 19.3 Å². The van der Waals surface area contributed by atoms with Crippen LogP contribution in [0.2, 0.25) is 0 Å². The molecule has 4 nitrogen and oxygen atoms in total. The average molecular weight is 287 g/mol. The van der Waals surface area contributed by atoms with Crippen molar-refractivity contribution < 1.29 is 5.11 Å². The number of aliphatic imine (C=N–C) groups is 1. The van der Waals surface area contributed by atoms with E-state index >= 15 is 0 Å². The van der Waals surface area contributed by atoms with Gasteiger partial charge in [-0.05, 0) is 30.2 Å². The minimum atomic E-state index is 0.403. The smallest absolute Gasteiger partial charge is 0.144 e. The van der Waals surface area contributed by atoms with Gasteiger partial charge in [0.2, 0.25) is 0 Å². The minimum absolute atomic E-state index is 0.403. The van der Waals surface area contributed by atoms with Crippen LogP contribution >= 0.6 is 0 Å². The summed E-state index contributed by atoms with van der Waals surface area (Å²) in [6.45, 7) is 6.02. The van der Waals surface area contributed by atoms with Gasteiger partial charge in [0.05, 0.1) is 0 Å². The third-order valence-electron chi connectivity index (χ3n) is 2.54. The van der Waals surface area contributed by atoms with Crippen LogP contribution in [-0.2, 0) is 6.42 Å². The average Bonchev–Trinajstić information content (AvgIpc) is 2.58. The van der Waals surface area contributed by atoms with Gasteiger partial charge >= 0.3 is 0 Å². The van der Waals surface area contributed by atoms with Crippen molar-refractivity contribution in [3.8, 4) is 5.75 Å². The van der Waals surface area contributed by atoms with Crippen LogP contribution in [-0.4, -0.2) is 23.0 Å². The van der Waals surface area contributed by atoms with Crippen molar-refractivity contribution in [2.75, 3.05) is 7.05 Å². The molecule has 0 aliphatic heterocycles. The Morgan fingerprint density at radius 1 is 1.14 bits per heavy atom. The van der Waals surface area contributed by atoms with Crippen LogP contribution < -0.4 is 5.73 Å². The molecule has 0 amide bonds. The fourth-order valence-corrected chi connectivity index (χ4v) is 1.44. The Kier molecular flexibility index (Phi) is 10.2. The van der Waals surface area contributed by atoms with Crippen LogP contribution in [0.5, 0.6) is 5.75 Å². The SMILES string of the molecule is CC.CCc1ccccc1O.CN=C(N)c1ccccn1. The largest absolute Gasteiger partial charge is 0.508 e. The number of rotatable bonds is 2. The highest BCUT2D eigenvalue weighted by molar-refractivity contribution is 5.95. The lowest BCUT2D eigenvalue weighted by Crippen LogP contribution is -2.14. The standard InChI is InChI=1S/C8H10O.C7H9N3.C2H6/c1-2-7-5-3-4-6-8(7)9;1-9-7(8)6-4-2-3-5-10-6;1-2/h3-6,9H,2H2,1H3;2-5H,1H3,(H2,8,9);1-2H3. The number of nitrogens with two attached hydrogens (primary N) is 1. The summed E-state index contributed by atoms with van der Waals surface area (Å²) in [5, 5.41) is 9.11. The molecular weight excluding hydrogens is 262 g/mol. The van der Waals surface area contributed by atoms with Gasteiger partial charge in [-0.15, -0.1) is 0 Å². The predicted octanol–water partition coefficient (Wildman–Crippen LogP) is 3.40. The molecule has 0 aliphatic carbocycles. The molecule has 1 heterocycles. The Bertz CT molecular complexity index is 525. The zero-order valence-electron chi connectivity index (χ0n) is 13.2. The highest BCUT2D eigenvalue weighted by Gasteiger charge is 1.93. The van der Waals surface area contributed by atoms with E-state index in [0.717, 1.165) is 17.7 Å². The summed E-state index contributed by atoms with van der Waals surface area (Å²) >= 11 is 0. The summed E-state index contributed by atoms with van der Waals surface area (Å²) < 4.78 is 0. The van der Waals surface area contributed by atoms with E-state index < -0.39 is 0 Å². The molecule has 1 aromatic carbocycles. The van der Waals surface area contributed by atoms with Gasteiger partial charge in [-0.3, -0.25) is 9.98 Å². The van der Waals surface area contributed by atoms with Gasteiger partial charge in [0.25, 0.3) is 0 Å². The molecule has 3 N–H and O–H groups in total. The fourth-order valence-electron chi connectivity index (χ4n) is 1.44. The molecule has 0 saturated heterocycles. The summed E-state index contributed by atoms with van der Waals surface area (Å²) in [5.74, 6) is 0.876. The number of hydrogen-bond acceptors (Lipinski definition) is 3. The fraction of sp³-hybridized carbons (Fsp3) is 0.294. The summed E-state index contributed by atoms with van der Waals surface area (Å²) in [6, 6.07) is 12.9. The normalized spacial score (nSPS) is 9.81. The van der Waals surface area contributed by atoms with E-state index in [9.17, 15) is 0 Å². The number of benzene rings is 1. The van der Waals surface area contributed by atoms with E-state index in [0.29, 0.717) is 11.6 Å². The zero-order valence-corrected chi connectivity index (χ0v) is 13.2. The van der Waals surface area contributed by atoms with Crippen molar-refractivity contribution in [3.05, 3.63) is 59.9 Å². The highest BCUT2D eigenvalue weighted by atomic mass is 16.3. The molecule has 1 aromatic heterocycles. The summed E-state index contributed by atoms with van der Waals surface area (Å²) in [4.78, 5) is 7.78. The second-order valence-corrected chi connectivity index (χ2v) is 3.81. The highest BCUT2D eigenvalue weighted by Crippen LogP contribution is 2.14. The summed E-state index contributed by atoms with van der Waals surface area (Å²) in [6.07, 6.45) is 2.58. The number of para-hydroxylation sites is 1. The second kappa shape index (κ2) is 11.5. The molecule has 0 aliphatic rings. The van der Waals surface area contributed by atoms with Gasteiger partial charge in [0.15, 0.2) is 0 Å². The van der Waals surface area contributed by atoms with Crippen LogP contribution in [0, 0.1) is 0 Å². The van der Waals surface area contributed by atoms with Crippen molar-refractivity contribution in [1.29, 1.82) is 0 Å². The van der Waals surface area contributed by atoms with Gasteiger partial charge in [0, 0.05) is 13.2 Å². The van der Waals surface area contributed by atoms with Gasteiger partial charge in [-0.2, -0.15) is 0 Å². The van der Waals surface area contributed by atoms with E-state index in [1.807, 2.05) is 57.2 Å². The number of aromatic nitrogens is 1. The van der Waals surface area contributed by atoms with Gasteiger partial charge in [-0.25, -0.2) is 0 Å². The second-order valence-electron chi connectivity index (χ2n) is 3.81. The Morgan fingerprint density at radius 3 is 2.19 bits per heavy atom. The maximum Gasteiger partial charge on any atom is 0.144 e. The third kappa shape index (κ3) is 7.11. The molecule has 0 fully saturated rings. The first-order chi connectivity index (χ1) is 10.2. The van der Waals surface area contributed by atoms with Crippen LogP contribution in [0.4, 0.5) is 0 Å². The third-order valence-corrected chi connectivity index (χ3v) is 2.54. The van der Waals surface area contributed by atoms with E-state index in [4.69, 9.17) is 10.8 Å². The molecule has 21 heavy (non-hydrogen) atoms. The summed E-state index contributed by atoms with van der Waals surface area (Å²) in [7, 11) is 1.64. The van der Waals surface area contributed by atoms with Crippen LogP contribution in [0.3, 0.4) is 0 Å². The Balaban J connectivity index is 0.000000342. The van der Waals surface area contributed by atoms with Crippen LogP contribution in [0.1, 0.15) is 32.0 Å². The molecule has 0 bridgehead atoms. The molecule has 0 saturated carbocycles. The lowest BCUT2D eigenvalue weighted by Gasteiger charge is -1.97. The number of amidine groups is 1. The van der Waals surface area contributed by atoms with Crippen molar-refractivity contribution in [3.63, 3.8) is 0 Å².